The molecule has 0 amide bonds. The lowest BCUT2D eigenvalue weighted by Crippen LogP contribution is -2.11. The minimum atomic E-state index is -3.51. The molecular formula is C18H14N4O4S. The third-order valence-corrected chi connectivity index (χ3v) is 4.72. The lowest BCUT2D eigenvalue weighted by molar-refractivity contribution is -0.384. The molecule has 2 aromatic carbocycles. The maximum atomic E-state index is 11.7. The fourth-order valence-corrected chi connectivity index (χ4v) is 3.52. The van der Waals surface area contributed by atoms with Gasteiger partial charge in [-0.2, -0.15) is 0 Å². The van der Waals surface area contributed by atoms with Crippen LogP contribution >= 0.6 is 0 Å². The number of benzene rings is 2. The number of nitrogens with zero attached hydrogens (tertiary/aromatic N) is 2. The molecule has 4 aromatic rings. The molecule has 0 aliphatic heterocycles. The van der Waals surface area contributed by atoms with Crippen molar-refractivity contribution in [2.45, 2.75) is 0 Å². The van der Waals surface area contributed by atoms with E-state index in [0.29, 0.717) is 11.3 Å². The molecular weight excluding hydrogens is 368 g/mol. The van der Waals surface area contributed by atoms with Crippen molar-refractivity contribution in [3.8, 4) is 11.3 Å². The number of hydrogen-bond donors (Lipinski definition) is 2. The monoisotopic (exact) mass is 382 g/mol. The number of aromatic nitrogens is 2. The van der Waals surface area contributed by atoms with Crippen molar-refractivity contribution in [2.24, 2.45) is 0 Å². The van der Waals surface area contributed by atoms with Gasteiger partial charge in [0.15, 0.2) is 0 Å². The first kappa shape index (κ1) is 17.0. The Morgan fingerprint density at radius 1 is 1.07 bits per heavy atom. The maximum Gasteiger partial charge on any atom is 0.269 e. The van der Waals surface area contributed by atoms with Crippen LogP contribution in [-0.4, -0.2) is 29.6 Å². The van der Waals surface area contributed by atoms with E-state index in [1.54, 1.807) is 18.2 Å². The second-order valence-electron chi connectivity index (χ2n) is 6.13. The van der Waals surface area contributed by atoms with Crippen molar-refractivity contribution in [3.63, 3.8) is 0 Å². The maximum absolute atomic E-state index is 11.7. The number of anilines is 1. The summed E-state index contributed by atoms with van der Waals surface area (Å²) in [7, 11) is -3.51. The average Bonchev–Trinajstić information content (AvgIpc) is 2.98. The van der Waals surface area contributed by atoms with Crippen LogP contribution in [0.3, 0.4) is 0 Å². The van der Waals surface area contributed by atoms with Crippen LogP contribution in [0.15, 0.2) is 54.6 Å². The van der Waals surface area contributed by atoms with Crippen LogP contribution in [0.1, 0.15) is 0 Å². The summed E-state index contributed by atoms with van der Waals surface area (Å²) in [5.74, 6) is 0.183. The minimum Gasteiger partial charge on any atom is -0.353 e. The molecule has 0 spiro atoms. The average molecular weight is 382 g/mol. The summed E-state index contributed by atoms with van der Waals surface area (Å²) in [5.41, 5.74) is 2.72. The summed E-state index contributed by atoms with van der Waals surface area (Å²) < 4.78 is 25.8. The van der Waals surface area contributed by atoms with E-state index >= 15 is 0 Å². The predicted molar refractivity (Wildman–Crippen MR) is 104 cm³/mol. The van der Waals surface area contributed by atoms with Crippen LogP contribution in [0.4, 0.5) is 11.5 Å². The van der Waals surface area contributed by atoms with Crippen molar-refractivity contribution < 1.29 is 13.3 Å². The van der Waals surface area contributed by atoms with Gasteiger partial charge in [-0.05, 0) is 24.3 Å². The molecule has 2 N–H and O–H groups in total. The normalized spacial score (nSPS) is 11.7. The Morgan fingerprint density at radius 3 is 2.44 bits per heavy atom. The Kier molecular flexibility index (Phi) is 3.81. The highest BCUT2D eigenvalue weighted by Crippen LogP contribution is 2.34. The van der Waals surface area contributed by atoms with Gasteiger partial charge in [-0.15, -0.1) is 0 Å². The summed E-state index contributed by atoms with van der Waals surface area (Å²) >= 11 is 0. The van der Waals surface area contributed by atoms with Gasteiger partial charge < -0.3 is 4.98 Å². The van der Waals surface area contributed by atoms with Crippen LogP contribution in [-0.2, 0) is 10.0 Å². The van der Waals surface area contributed by atoms with Gasteiger partial charge in [0.2, 0.25) is 10.0 Å². The molecule has 0 atom stereocenters. The highest BCUT2D eigenvalue weighted by Gasteiger charge is 2.16. The summed E-state index contributed by atoms with van der Waals surface area (Å²) in [6.45, 7) is 0. The molecule has 0 aliphatic rings. The van der Waals surface area contributed by atoms with E-state index in [0.717, 1.165) is 28.1 Å². The van der Waals surface area contributed by atoms with Crippen LogP contribution < -0.4 is 4.72 Å². The molecule has 2 heterocycles. The molecule has 0 saturated heterocycles. The SMILES string of the molecule is CS(=O)(=O)Nc1cc2c([nH]c3ccccc32)c(-c2ccc([N+](=O)[O-])cc2)n1. The fraction of sp³-hybridized carbons (Fsp3) is 0.0556. The van der Waals surface area contributed by atoms with E-state index in [4.69, 9.17) is 0 Å². The number of nitrogens with one attached hydrogen (secondary N) is 2. The van der Waals surface area contributed by atoms with Gasteiger partial charge in [-0.1, -0.05) is 18.2 Å². The second-order valence-corrected chi connectivity index (χ2v) is 7.88. The quantitative estimate of drug-likeness (QED) is 0.412. The number of sulfonamides is 1. The molecule has 9 heteroatoms. The number of nitro groups is 1. The van der Waals surface area contributed by atoms with Crippen molar-refractivity contribution in [1.82, 2.24) is 9.97 Å². The molecule has 0 saturated carbocycles. The fourth-order valence-electron chi connectivity index (χ4n) is 3.04. The number of hydrogen-bond acceptors (Lipinski definition) is 5. The Hall–Kier alpha value is -3.46. The van der Waals surface area contributed by atoms with E-state index in [-0.39, 0.29) is 11.5 Å². The second kappa shape index (κ2) is 6.06. The Bertz CT molecular complexity index is 1290. The van der Waals surface area contributed by atoms with E-state index in [1.807, 2.05) is 24.3 Å². The molecule has 27 heavy (non-hydrogen) atoms. The van der Waals surface area contributed by atoms with Crippen molar-refractivity contribution in [2.75, 3.05) is 11.0 Å². The standard InChI is InChI=1S/C18H14N4O4S/c1-27(25,26)21-16-10-14-13-4-2-3-5-15(13)19-18(14)17(20-16)11-6-8-12(9-7-11)22(23)24/h2-10,19H,1H3,(H,20,21). The predicted octanol–water partition coefficient (Wildman–Crippen LogP) is 3.66. The summed E-state index contributed by atoms with van der Waals surface area (Å²) in [5, 5.41) is 12.6. The van der Waals surface area contributed by atoms with Gasteiger partial charge >= 0.3 is 0 Å². The lowest BCUT2D eigenvalue weighted by atomic mass is 10.1. The molecule has 2 aromatic heterocycles. The number of fused-ring (bicyclic) bond motifs is 3. The zero-order valence-corrected chi connectivity index (χ0v) is 14.9. The summed E-state index contributed by atoms with van der Waals surface area (Å²) in [4.78, 5) is 18.2. The molecule has 136 valence electrons. The summed E-state index contributed by atoms with van der Waals surface area (Å²) in [6, 6.07) is 15.3. The van der Waals surface area contributed by atoms with E-state index < -0.39 is 14.9 Å². The first-order chi connectivity index (χ1) is 12.8. The Balaban J connectivity index is 2.00. The van der Waals surface area contributed by atoms with E-state index in [1.165, 1.54) is 12.1 Å². The number of para-hydroxylation sites is 1. The number of nitro benzene ring substituents is 1. The van der Waals surface area contributed by atoms with Crippen molar-refractivity contribution in [3.05, 3.63) is 64.7 Å². The van der Waals surface area contributed by atoms with Gasteiger partial charge in [0.1, 0.15) is 5.82 Å². The van der Waals surface area contributed by atoms with Gasteiger partial charge in [0.05, 0.1) is 22.4 Å². The highest BCUT2D eigenvalue weighted by atomic mass is 32.2. The minimum absolute atomic E-state index is 0.0305. The first-order valence-electron chi connectivity index (χ1n) is 7.96. The number of rotatable bonds is 4. The highest BCUT2D eigenvalue weighted by molar-refractivity contribution is 7.92. The molecule has 0 bridgehead atoms. The van der Waals surface area contributed by atoms with Gasteiger partial charge in [-0.25, -0.2) is 13.4 Å². The Morgan fingerprint density at radius 2 is 1.78 bits per heavy atom. The summed E-state index contributed by atoms with van der Waals surface area (Å²) in [6.07, 6.45) is 1.06. The molecule has 0 radical (unpaired) electrons. The van der Waals surface area contributed by atoms with Crippen LogP contribution in [0, 0.1) is 10.1 Å². The van der Waals surface area contributed by atoms with Crippen LogP contribution in [0.25, 0.3) is 33.1 Å². The largest absolute Gasteiger partial charge is 0.353 e. The molecule has 8 nitrogen and oxygen atoms in total. The number of H-pyrrole nitrogens is 1. The zero-order valence-electron chi connectivity index (χ0n) is 14.1. The Labute approximate surface area is 154 Å². The van der Waals surface area contributed by atoms with Gasteiger partial charge in [0, 0.05) is 34.0 Å². The zero-order chi connectivity index (χ0) is 19.2. The van der Waals surface area contributed by atoms with E-state index in [2.05, 4.69) is 14.7 Å². The molecule has 0 unspecified atom stereocenters. The molecule has 0 fully saturated rings. The topological polar surface area (TPSA) is 118 Å². The van der Waals surface area contributed by atoms with Crippen LogP contribution in [0.2, 0.25) is 0 Å². The van der Waals surface area contributed by atoms with Crippen molar-refractivity contribution >= 4 is 43.3 Å². The van der Waals surface area contributed by atoms with Gasteiger partial charge in [0.25, 0.3) is 5.69 Å². The number of pyridine rings is 1. The van der Waals surface area contributed by atoms with E-state index in [9.17, 15) is 18.5 Å². The molecule has 4 rings (SSSR count). The lowest BCUT2D eigenvalue weighted by Gasteiger charge is -2.08. The molecule has 0 aliphatic carbocycles. The third kappa shape index (κ3) is 3.20. The number of aromatic amines is 1. The van der Waals surface area contributed by atoms with Crippen molar-refractivity contribution in [1.29, 1.82) is 0 Å². The smallest absolute Gasteiger partial charge is 0.269 e. The van der Waals surface area contributed by atoms with Gasteiger partial charge in [-0.3, -0.25) is 14.8 Å². The van der Waals surface area contributed by atoms with Crippen LogP contribution in [0.5, 0.6) is 0 Å². The first-order valence-corrected chi connectivity index (χ1v) is 9.85. The number of non-ortho nitro benzene ring substituents is 1. The third-order valence-electron chi connectivity index (χ3n) is 4.14.